The third kappa shape index (κ3) is 4.26. The molecule has 7 heteroatoms. The molecule has 0 aromatic heterocycles. The number of thiocarbonyl (C=S) groups is 1. The number of ether oxygens (including phenoxy) is 2. The summed E-state index contributed by atoms with van der Waals surface area (Å²) in [6.07, 6.45) is 0. The van der Waals surface area contributed by atoms with Crippen molar-refractivity contribution in [1.29, 1.82) is 0 Å². The number of anilines is 1. The van der Waals surface area contributed by atoms with E-state index in [9.17, 15) is 4.79 Å². The van der Waals surface area contributed by atoms with Crippen molar-refractivity contribution in [3.8, 4) is 11.5 Å². The fraction of sp³-hybridized carbons (Fsp3) is 0.238. The summed E-state index contributed by atoms with van der Waals surface area (Å²) in [7, 11) is 1.59. The molecule has 3 rings (SSSR count). The van der Waals surface area contributed by atoms with E-state index in [-0.39, 0.29) is 5.91 Å². The molecule has 0 fully saturated rings. The Labute approximate surface area is 169 Å². The number of methoxy groups -OCH3 is 1. The van der Waals surface area contributed by atoms with E-state index < -0.39 is 6.04 Å². The molecule has 2 aromatic carbocycles. The summed E-state index contributed by atoms with van der Waals surface area (Å²) in [6, 6.07) is 14.5. The average Bonchev–Trinajstić information content (AvgIpc) is 2.68. The summed E-state index contributed by atoms with van der Waals surface area (Å²) >= 11 is 5.31. The van der Waals surface area contributed by atoms with Gasteiger partial charge >= 0.3 is 0 Å². The number of benzene rings is 2. The molecule has 0 saturated carbocycles. The van der Waals surface area contributed by atoms with Crippen molar-refractivity contribution in [1.82, 2.24) is 10.6 Å². The lowest BCUT2D eigenvalue weighted by atomic mass is 9.94. The van der Waals surface area contributed by atoms with Gasteiger partial charge in [-0.2, -0.15) is 0 Å². The van der Waals surface area contributed by atoms with Gasteiger partial charge in [0.25, 0.3) is 5.91 Å². The molecule has 0 spiro atoms. The highest BCUT2D eigenvalue weighted by atomic mass is 32.1. The number of rotatable bonds is 6. The molecule has 1 aliphatic heterocycles. The molecular formula is C21H23N3O3S. The van der Waals surface area contributed by atoms with Crippen LogP contribution in [0.2, 0.25) is 0 Å². The number of carbonyl (C=O) groups excluding carboxylic acids is 1. The maximum Gasteiger partial charge on any atom is 0.255 e. The van der Waals surface area contributed by atoms with Crippen LogP contribution in [0.15, 0.2) is 59.8 Å². The largest absolute Gasteiger partial charge is 0.493 e. The minimum absolute atomic E-state index is 0.205. The van der Waals surface area contributed by atoms with E-state index in [1.54, 1.807) is 7.11 Å². The highest BCUT2D eigenvalue weighted by Crippen LogP contribution is 2.34. The monoisotopic (exact) mass is 397 g/mol. The van der Waals surface area contributed by atoms with Gasteiger partial charge in [0.2, 0.25) is 0 Å². The second-order valence-corrected chi connectivity index (χ2v) is 6.64. The van der Waals surface area contributed by atoms with Crippen LogP contribution >= 0.6 is 12.2 Å². The number of hydrogen-bond acceptors (Lipinski definition) is 4. The van der Waals surface area contributed by atoms with Crippen molar-refractivity contribution in [3.05, 3.63) is 65.4 Å². The predicted molar refractivity (Wildman–Crippen MR) is 114 cm³/mol. The molecule has 1 amide bonds. The minimum Gasteiger partial charge on any atom is -0.493 e. The Bertz CT molecular complexity index is 912. The lowest BCUT2D eigenvalue weighted by Gasteiger charge is -2.30. The quantitative estimate of drug-likeness (QED) is 0.648. The Balaban J connectivity index is 1.96. The van der Waals surface area contributed by atoms with Crippen molar-refractivity contribution in [2.24, 2.45) is 0 Å². The standard InChI is InChI=1S/C21H23N3O3S/c1-4-27-16-11-10-14(12-17(16)26-3)19-18(13(2)22-21(28)24-19)20(25)23-15-8-6-5-7-9-15/h5-12,19H,4H2,1-3H3,(H,23,25)(H2,22,24,28)/t19-/m0/s1. The maximum absolute atomic E-state index is 13.0. The van der Waals surface area contributed by atoms with Crippen LogP contribution in [0.1, 0.15) is 25.5 Å². The van der Waals surface area contributed by atoms with E-state index in [2.05, 4.69) is 16.0 Å². The van der Waals surface area contributed by atoms with Gasteiger partial charge in [-0.3, -0.25) is 4.79 Å². The molecule has 0 saturated heterocycles. The normalized spacial score (nSPS) is 16.1. The molecule has 2 aromatic rings. The second kappa shape index (κ2) is 8.75. The van der Waals surface area contributed by atoms with E-state index in [0.29, 0.717) is 34.5 Å². The van der Waals surface area contributed by atoms with Gasteiger partial charge in [-0.1, -0.05) is 24.3 Å². The molecule has 1 atom stereocenters. The lowest BCUT2D eigenvalue weighted by molar-refractivity contribution is -0.113. The summed E-state index contributed by atoms with van der Waals surface area (Å²) in [5, 5.41) is 9.63. The number of para-hydroxylation sites is 1. The Morgan fingerprint density at radius 3 is 2.61 bits per heavy atom. The van der Waals surface area contributed by atoms with Crippen LogP contribution in [0, 0.1) is 0 Å². The molecule has 0 bridgehead atoms. The zero-order valence-electron chi connectivity index (χ0n) is 16.0. The SMILES string of the molecule is CCOc1ccc([C@@H]2NC(=S)NC(C)=C2C(=O)Nc2ccccc2)cc1OC. The van der Waals surface area contributed by atoms with Gasteiger partial charge < -0.3 is 25.4 Å². The number of nitrogens with one attached hydrogen (secondary N) is 3. The van der Waals surface area contributed by atoms with Gasteiger partial charge in [0.15, 0.2) is 16.6 Å². The first-order valence-corrected chi connectivity index (χ1v) is 9.39. The zero-order valence-corrected chi connectivity index (χ0v) is 16.9. The van der Waals surface area contributed by atoms with Gasteiger partial charge in [0, 0.05) is 11.4 Å². The third-order valence-corrected chi connectivity index (χ3v) is 4.59. The lowest BCUT2D eigenvalue weighted by Crippen LogP contribution is -2.45. The molecule has 6 nitrogen and oxygen atoms in total. The predicted octanol–water partition coefficient (Wildman–Crippen LogP) is 3.53. The van der Waals surface area contributed by atoms with E-state index >= 15 is 0 Å². The van der Waals surface area contributed by atoms with Crippen LogP contribution in [-0.4, -0.2) is 24.7 Å². The summed E-state index contributed by atoms with van der Waals surface area (Å²) in [6.45, 7) is 4.29. The van der Waals surface area contributed by atoms with Crippen molar-refractivity contribution in [2.45, 2.75) is 19.9 Å². The third-order valence-electron chi connectivity index (χ3n) is 4.37. The number of hydrogen-bond donors (Lipinski definition) is 3. The Morgan fingerprint density at radius 1 is 1.18 bits per heavy atom. The zero-order chi connectivity index (χ0) is 20.1. The van der Waals surface area contributed by atoms with Crippen LogP contribution < -0.4 is 25.4 Å². The molecule has 0 radical (unpaired) electrons. The Kier molecular flexibility index (Phi) is 6.16. The van der Waals surface area contributed by atoms with Crippen molar-refractivity contribution in [3.63, 3.8) is 0 Å². The van der Waals surface area contributed by atoms with E-state index in [1.165, 1.54) is 0 Å². The number of carbonyl (C=O) groups is 1. The van der Waals surface area contributed by atoms with Gasteiger partial charge in [-0.25, -0.2) is 0 Å². The highest BCUT2D eigenvalue weighted by molar-refractivity contribution is 7.80. The Hall–Kier alpha value is -3.06. The average molecular weight is 398 g/mol. The highest BCUT2D eigenvalue weighted by Gasteiger charge is 2.30. The first-order valence-electron chi connectivity index (χ1n) is 8.99. The van der Waals surface area contributed by atoms with Gasteiger partial charge in [-0.05, 0) is 55.9 Å². The molecule has 0 aliphatic carbocycles. The maximum atomic E-state index is 13.0. The molecule has 146 valence electrons. The summed E-state index contributed by atoms with van der Waals surface area (Å²) < 4.78 is 11.0. The first kappa shape index (κ1) is 19.7. The topological polar surface area (TPSA) is 71.6 Å². The van der Waals surface area contributed by atoms with Gasteiger partial charge in [0.05, 0.1) is 25.3 Å². The molecule has 28 heavy (non-hydrogen) atoms. The van der Waals surface area contributed by atoms with Crippen molar-refractivity contribution < 1.29 is 14.3 Å². The molecular weight excluding hydrogens is 374 g/mol. The second-order valence-electron chi connectivity index (χ2n) is 6.23. The van der Waals surface area contributed by atoms with Crippen LogP contribution in [0.25, 0.3) is 0 Å². The van der Waals surface area contributed by atoms with Gasteiger partial charge in [0.1, 0.15) is 0 Å². The van der Waals surface area contributed by atoms with Crippen LogP contribution in [0.5, 0.6) is 11.5 Å². The van der Waals surface area contributed by atoms with Crippen molar-refractivity contribution >= 4 is 28.9 Å². The summed E-state index contributed by atoms with van der Waals surface area (Å²) in [5.74, 6) is 1.05. The summed E-state index contributed by atoms with van der Waals surface area (Å²) in [4.78, 5) is 13.0. The summed E-state index contributed by atoms with van der Waals surface area (Å²) in [5.41, 5.74) is 2.84. The van der Waals surface area contributed by atoms with Crippen molar-refractivity contribution in [2.75, 3.05) is 19.0 Å². The molecule has 1 heterocycles. The number of allylic oxidation sites excluding steroid dienone is 1. The molecule has 0 unspecified atom stereocenters. The van der Waals surface area contributed by atoms with Crippen LogP contribution in [-0.2, 0) is 4.79 Å². The fourth-order valence-electron chi connectivity index (χ4n) is 3.10. The Morgan fingerprint density at radius 2 is 1.93 bits per heavy atom. The van der Waals surface area contributed by atoms with E-state index in [0.717, 1.165) is 11.3 Å². The van der Waals surface area contributed by atoms with Crippen LogP contribution in [0.4, 0.5) is 5.69 Å². The molecule has 1 aliphatic rings. The van der Waals surface area contributed by atoms with Gasteiger partial charge in [-0.15, -0.1) is 0 Å². The smallest absolute Gasteiger partial charge is 0.255 e. The van der Waals surface area contributed by atoms with E-state index in [1.807, 2.05) is 62.4 Å². The molecule has 3 N–H and O–H groups in total. The number of amides is 1. The fourth-order valence-corrected chi connectivity index (χ4v) is 3.37. The minimum atomic E-state index is -0.415. The van der Waals surface area contributed by atoms with E-state index in [4.69, 9.17) is 21.7 Å². The first-order chi connectivity index (χ1) is 13.5. The van der Waals surface area contributed by atoms with Crippen LogP contribution in [0.3, 0.4) is 0 Å².